The highest BCUT2D eigenvalue weighted by Gasteiger charge is 2.42. The molecule has 1 aliphatic rings. The van der Waals surface area contributed by atoms with E-state index in [1.807, 2.05) is 6.92 Å². The van der Waals surface area contributed by atoms with Gasteiger partial charge in [0.25, 0.3) is 0 Å². The van der Waals surface area contributed by atoms with E-state index in [9.17, 15) is 19.2 Å². The Labute approximate surface area is 173 Å². The van der Waals surface area contributed by atoms with Crippen LogP contribution in [0.25, 0.3) is 0 Å². The highest BCUT2D eigenvalue weighted by Crippen LogP contribution is 2.36. The van der Waals surface area contributed by atoms with Crippen LogP contribution in [0.1, 0.15) is 48.8 Å². The number of nitrogens with one attached hydrogen (secondary N) is 3. The topological polar surface area (TPSA) is 130 Å². The fourth-order valence-corrected chi connectivity index (χ4v) is 3.63. The number of hydrogen-bond acceptors (Lipinski definition) is 6. The second kappa shape index (κ2) is 8.48. The number of nitrogens with zero attached hydrogens (tertiary/aromatic N) is 1. The van der Waals surface area contributed by atoms with E-state index in [1.54, 1.807) is 38.1 Å². The lowest BCUT2D eigenvalue weighted by atomic mass is 9.72. The smallest absolute Gasteiger partial charge is 0.313 e. The van der Waals surface area contributed by atoms with Gasteiger partial charge in [-0.2, -0.15) is 0 Å². The first-order valence-electron chi connectivity index (χ1n) is 9.72. The van der Waals surface area contributed by atoms with E-state index in [4.69, 9.17) is 4.52 Å². The van der Waals surface area contributed by atoms with Crippen LogP contribution in [-0.4, -0.2) is 28.8 Å². The zero-order valence-electron chi connectivity index (χ0n) is 17.1. The summed E-state index contributed by atoms with van der Waals surface area (Å²) in [6.07, 6.45) is 1.26. The maximum Gasteiger partial charge on any atom is 0.313 e. The third-order valence-electron chi connectivity index (χ3n) is 5.58. The Morgan fingerprint density at radius 2 is 1.87 bits per heavy atom. The van der Waals surface area contributed by atoms with Gasteiger partial charge in [0.05, 0.1) is 11.1 Å². The third-order valence-corrected chi connectivity index (χ3v) is 5.58. The summed E-state index contributed by atoms with van der Waals surface area (Å²) in [5, 5.41) is 11.3. The van der Waals surface area contributed by atoms with Gasteiger partial charge in [0.1, 0.15) is 5.76 Å². The van der Waals surface area contributed by atoms with E-state index in [2.05, 4.69) is 21.1 Å². The van der Waals surface area contributed by atoms with Gasteiger partial charge < -0.3 is 15.2 Å². The molecule has 0 saturated carbocycles. The molecule has 30 heavy (non-hydrogen) atoms. The van der Waals surface area contributed by atoms with Crippen molar-refractivity contribution >= 4 is 29.3 Å². The molecule has 3 N–H and O–H groups in total. The van der Waals surface area contributed by atoms with Crippen molar-refractivity contribution in [2.24, 2.45) is 0 Å². The monoisotopic (exact) mass is 412 g/mol. The third kappa shape index (κ3) is 4.10. The SMILES string of the molecule is CC[C@@]1(c2ccc(NC(=O)C(=O)NCc3c(C)noc3C)cc2)CCC(=O)NC1=O. The molecule has 9 heteroatoms. The summed E-state index contributed by atoms with van der Waals surface area (Å²) in [5.41, 5.74) is 1.80. The molecule has 3 rings (SSSR count). The number of aryl methyl sites for hydroxylation is 2. The van der Waals surface area contributed by atoms with E-state index in [-0.39, 0.29) is 24.8 Å². The number of aromatic nitrogens is 1. The zero-order valence-corrected chi connectivity index (χ0v) is 17.1. The number of imide groups is 1. The van der Waals surface area contributed by atoms with Crippen molar-refractivity contribution in [1.29, 1.82) is 0 Å². The second-order valence-corrected chi connectivity index (χ2v) is 7.33. The van der Waals surface area contributed by atoms with E-state index in [1.165, 1.54) is 0 Å². The fraction of sp³-hybridized carbons (Fsp3) is 0.381. The summed E-state index contributed by atoms with van der Waals surface area (Å²) in [5.74, 6) is -1.58. The largest absolute Gasteiger partial charge is 0.361 e. The lowest BCUT2D eigenvalue weighted by molar-refractivity contribution is -0.138. The van der Waals surface area contributed by atoms with Gasteiger partial charge in [-0.3, -0.25) is 24.5 Å². The van der Waals surface area contributed by atoms with E-state index in [0.717, 1.165) is 11.1 Å². The predicted molar refractivity (Wildman–Crippen MR) is 107 cm³/mol. The first-order valence-corrected chi connectivity index (χ1v) is 9.72. The molecule has 1 atom stereocenters. The normalized spacial score (nSPS) is 18.6. The van der Waals surface area contributed by atoms with E-state index < -0.39 is 17.2 Å². The summed E-state index contributed by atoms with van der Waals surface area (Å²) in [7, 11) is 0. The van der Waals surface area contributed by atoms with Gasteiger partial charge in [0.2, 0.25) is 11.8 Å². The minimum Gasteiger partial charge on any atom is -0.361 e. The van der Waals surface area contributed by atoms with Crippen LogP contribution in [0.3, 0.4) is 0 Å². The number of rotatable bonds is 5. The van der Waals surface area contributed by atoms with Crippen LogP contribution < -0.4 is 16.0 Å². The van der Waals surface area contributed by atoms with Crippen LogP contribution in [0.2, 0.25) is 0 Å². The number of benzene rings is 1. The molecule has 0 bridgehead atoms. The van der Waals surface area contributed by atoms with Gasteiger partial charge in [0.15, 0.2) is 0 Å². The minimum atomic E-state index is -0.805. The summed E-state index contributed by atoms with van der Waals surface area (Å²) in [6, 6.07) is 6.73. The average Bonchev–Trinajstić information content (AvgIpc) is 3.05. The molecule has 158 valence electrons. The lowest BCUT2D eigenvalue weighted by Gasteiger charge is -2.35. The van der Waals surface area contributed by atoms with Gasteiger partial charge in [-0.05, 0) is 44.4 Å². The Bertz CT molecular complexity index is 976. The highest BCUT2D eigenvalue weighted by atomic mass is 16.5. The van der Waals surface area contributed by atoms with Crippen LogP contribution in [0.5, 0.6) is 0 Å². The van der Waals surface area contributed by atoms with Crippen molar-refractivity contribution in [3.05, 3.63) is 46.8 Å². The molecule has 2 aromatic rings. The molecule has 1 aliphatic heterocycles. The van der Waals surface area contributed by atoms with Gasteiger partial charge in [-0.15, -0.1) is 0 Å². The molecule has 2 heterocycles. The highest BCUT2D eigenvalue weighted by molar-refractivity contribution is 6.39. The van der Waals surface area contributed by atoms with E-state index >= 15 is 0 Å². The molecule has 0 unspecified atom stereocenters. The molecular formula is C21H24N4O5. The number of anilines is 1. The number of carbonyl (C=O) groups excluding carboxylic acids is 4. The van der Waals surface area contributed by atoms with Gasteiger partial charge in [0, 0.05) is 24.2 Å². The van der Waals surface area contributed by atoms with Crippen molar-refractivity contribution in [2.45, 2.75) is 52.0 Å². The minimum absolute atomic E-state index is 0.138. The molecule has 9 nitrogen and oxygen atoms in total. The standard InChI is InChI=1S/C21H24N4O5/c1-4-21(10-9-17(26)24-20(21)29)14-5-7-15(8-6-14)23-19(28)18(27)22-11-16-12(2)25-30-13(16)3/h5-8H,4,9-11H2,1-3H3,(H,22,27)(H,23,28)(H,24,26,29)/t21-/m0/s1. The zero-order chi connectivity index (χ0) is 21.9. The molecule has 1 saturated heterocycles. The Morgan fingerprint density at radius 3 is 2.43 bits per heavy atom. The van der Waals surface area contributed by atoms with Gasteiger partial charge in [-0.1, -0.05) is 24.2 Å². The van der Waals surface area contributed by atoms with Crippen molar-refractivity contribution in [3.63, 3.8) is 0 Å². The Hall–Kier alpha value is -3.49. The molecule has 0 spiro atoms. The Kier molecular flexibility index (Phi) is 6.00. The summed E-state index contributed by atoms with van der Waals surface area (Å²) in [6.45, 7) is 5.52. The first kappa shape index (κ1) is 21.2. The van der Waals surface area contributed by atoms with Crippen molar-refractivity contribution in [1.82, 2.24) is 15.8 Å². The van der Waals surface area contributed by atoms with Crippen LogP contribution in [0.15, 0.2) is 28.8 Å². The molecule has 0 radical (unpaired) electrons. The van der Waals surface area contributed by atoms with Crippen molar-refractivity contribution < 1.29 is 23.7 Å². The number of carbonyl (C=O) groups is 4. The Balaban J connectivity index is 1.63. The van der Waals surface area contributed by atoms with Crippen LogP contribution in [0.4, 0.5) is 5.69 Å². The van der Waals surface area contributed by atoms with Crippen LogP contribution in [-0.2, 0) is 31.1 Å². The lowest BCUT2D eigenvalue weighted by Crippen LogP contribution is -2.51. The van der Waals surface area contributed by atoms with Gasteiger partial charge in [-0.25, -0.2) is 0 Å². The van der Waals surface area contributed by atoms with Crippen LogP contribution >= 0.6 is 0 Å². The maximum atomic E-state index is 12.5. The van der Waals surface area contributed by atoms with Gasteiger partial charge >= 0.3 is 11.8 Å². The molecular weight excluding hydrogens is 388 g/mol. The van der Waals surface area contributed by atoms with Crippen LogP contribution in [0, 0.1) is 13.8 Å². The predicted octanol–water partition coefficient (Wildman–Crippen LogP) is 1.63. The fourth-order valence-electron chi connectivity index (χ4n) is 3.63. The maximum absolute atomic E-state index is 12.5. The Morgan fingerprint density at radius 1 is 1.17 bits per heavy atom. The quantitative estimate of drug-likeness (QED) is 0.505. The van der Waals surface area contributed by atoms with E-state index in [0.29, 0.717) is 30.0 Å². The number of amides is 4. The first-order chi connectivity index (χ1) is 14.3. The number of piperidine rings is 1. The molecule has 4 amide bonds. The second-order valence-electron chi connectivity index (χ2n) is 7.33. The summed E-state index contributed by atoms with van der Waals surface area (Å²) < 4.78 is 5.03. The molecule has 1 aromatic heterocycles. The average molecular weight is 412 g/mol. The molecule has 0 aliphatic carbocycles. The number of hydrogen-bond donors (Lipinski definition) is 3. The van der Waals surface area contributed by atoms with Crippen molar-refractivity contribution in [3.8, 4) is 0 Å². The summed E-state index contributed by atoms with van der Waals surface area (Å²) >= 11 is 0. The summed E-state index contributed by atoms with van der Waals surface area (Å²) in [4.78, 5) is 48.2. The molecule has 1 fully saturated rings. The van der Waals surface area contributed by atoms with Crippen molar-refractivity contribution in [2.75, 3.05) is 5.32 Å². The molecule has 1 aromatic carbocycles.